The van der Waals surface area contributed by atoms with Gasteiger partial charge in [-0.15, -0.1) is 0 Å². The minimum absolute atomic E-state index is 0.169. The smallest absolute Gasteiger partial charge is 0.387 e. The summed E-state index contributed by atoms with van der Waals surface area (Å²) in [6.07, 6.45) is 5.95. The summed E-state index contributed by atoms with van der Waals surface area (Å²) in [5.41, 5.74) is 4.66. The molecule has 2 aliphatic rings. The van der Waals surface area contributed by atoms with Gasteiger partial charge in [-0.05, 0) is 43.5 Å². The van der Waals surface area contributed by atoms with E-state index in [1.807, 2.05) is 48.1 Å². The molecule has 0 unspecified atom stereocenters. The number of nitrogens with zero attached hydrogens (tertiary/aromatic N) is 5. The van der Waals surface area contributed by atoms with Crippen LogP contribution in [0.1, 0.15) is 24.2 Å². The number of ether oxygens (including phenoxy) is 2. The van der Waals surface area contributed by atoms with Crippen molar-refractivity contribution in [1.82, 2.24) is 19.5 Å². The topological polar surface area (TPSA) is 65.3 Å². The Morgan fingerprint density at radius 3 is 2.47 bits per heavy atom. The normalized spacial score (nSPS) is 17.1. The summed E-state index contributed by atoms with van der Waals surface area (Å²) in [4.78, 5) is 16.2. The molecule has 0 atom stereocenters. The van der Waals surface area contributed by atoms with Gasteiger partial charge in [0.05, 0.1) is 30.8 Å². The van der Waals surface area contributed by atoms with Crippen LogP contribution in [0.5, 0.6) is 5.75 Å². The lowest BCUT2D eigenvalue weighted by Gasteiger charge is -2.47. The number of benzene rings is 2. The molecule has 1 spiro atoms. The Morgan fingerprint density at radius 2 is 1.78 bits per heavy atom. The van der Waals surface area contributed by atoms with Crippen molar-refractivity contribution in [3.05, 3.63) is 66.2 Å². The fourth-order valence-corrected chi connectivity index (χ4v) is 5.13. The van der Waals surface area contributed by atoms with Crippen LogP contribution in [0.4, 0.5) is 14.7 Å². The number of piperidine rings is 1. The molecule has 9 heteroatoms. The molecule has 2 fully saturated rings. The van der Waals surface area contributed by atoms with Crippen LogP contribution in [-0.2, 0) is 11.3 Å². The first kappa shape index (κ1) is 22.8. The largest absolute Gasteiger partial charge is 0.434 e. The van der Waals surface area contributed by atoms with Gasteiger partial charge in [0.2, 0.25) is 5.95 Å². The zero-order chi connectivity index (χ0) is 24.7. The first-order valence-corrected chi connectivity index (χ1v) is 12.1. The van der Waals surface area contributed by atoms with Gasteiger partial charge in [0.25, 0.3) is 0 Å². The number of hydrogen-bond donors (Lipinski definition) is 0. The quantitative estimate of drug-likeness (QED) is 0.375. The highest BCUT2D eigenvalue weighted by atomic mass is 19.3. The van der Waals surface area contributed by atoms with Crippen LogP contribution in [-0.4, -0.2) is 52.4 Å². The molecule has 2 aromatic heterocycles. The van der Waals surface area contributed by atoms with E-state index in [1.165, 1.54) is 0 Å². The highest BCUT2D eigenvalue weighted by Gasteiger charge is 2.41. The fourth-order valence-electron chi connectivity index (χ4n) is 5.13. The summed E-state index contributed by atoms with van der Waals surface area (Å²) in [7, 11) is 0. The number of halogens is 2. The van der Waals surface area contributed by atoms with Gasteiger partial charge in [0.1, 0.15) is 11.6 Å². The Morgan fingerprint density at radius 1 is 1.03 bits per heavy atom. The van der Waals surface area contributed by atoms with Crippen molar-refractivity contribution in [3.8, 4) is 16.9 Å². The molecule has 0 radical (unpaired) electrons. The molecule has 0 saturated carbocycles. The fraction of sp³-hybridized carbons (Fsp3) is 0.370. The molecule has 6 rings (SSSR count). The molecule has 4 aromatic rings. The summed E-state index contributed by atoms with van der Waals surface area (Å²) in [6.45, 7) is 3.06. The van der Waals surface area contributed by atoms with Crippen molar-refractivity contribution >= 4 is 17.0 Å². The number of para-hydroxylation sites is 1. The molecule has 0 bridgehead atoms. The molecule has 7 nitrogen and oxygen atoms in total. The van der Waals surface area contributed by atoms with Crippen molar-refractivity contribution in [3.63, 3.8) is 0 Å². The third-order valence-electron chi connectivity index (χ3n) is 7.35. The van der Waals surface area contributed by atoms with Gasteiger partial charge in [-0.1, -0.05) is 24.3 Å². The van der Waals surface area contributed by atoms with Gasteiger partial charge in [-0.25, -0.2) is 15.0 Å². The van der Waals surface area contributed by atoms with Crippen LogP contribution in [0, 0.1) is 12.3 Å². The summed E-state index contributed by atoms with van der Waals surface area (Å²) < 4.78 is 37.9. The van der Waals surface area contributed by atoms with Crippen LogP contribution < -0.4 is 9.64 Å². The lowest BCUT2D eigenvalue weighted by atomic mass is 9.77. The number of anilines is 1. The number of alkyl halides is 2. The standard InChI is InChI=1S/C27H27F2N5O2/c1-18-32-22-7-6-19(12-23(22)34(18)15-20-4-2-3-5-24(20)36-25(28)29)21-13-30-26(31-14-21)33-10-8-27(9-11-33)16-35-17-27/h2-7,12-14,25H,8-11,15-17H2,1H3. The van der Waals surface area contributed by atoms with E-state index in [4.69, 9.17) is 9.47 Å². The molecule has 36 heavy (non-hydrogen) atoms. The second-order valence-electron chi connectivity index (χ2n) is 9.69. The number of hydrogen-bond acceptors (Lipinski definition) is 6. The van der Waals surface area contributed by atoms with E-state index in [9.17, 15) is 8.78 Å². The number of aromatic nitrogens is 4. The number of imidazole rings is 1. The number of rotatable bonds is 6. The molecule has 0 amide bonds. The van der Waals surface area contributed by atoms with Gasteiger partial charge in [-0.2, -0.15) is 8.78 Å². The average Bonchev–Trinajstić information content (AvgIpc) is 3.18. The van der Waals surface area contributed by atoms with Gasteiger partial charge in [0.15, 0.2) is 0 Å². The summed E-state index contributed by atoms with van der Waals surface area (Å²) >= 11 is 0. The van der Waals surface area contributed by atoms with Crippen LogP contribution in [0.3, 0.4) is 0 Å². The summed E-state index contributed by atoms with van der Waals surface area (Å²) in [5.74, 6) is 1.72. The predicted octanol–water partition coefficient (Wildman–Crippen LogP) is 5.07. The van der Waals surface area contributed by atoms with E-state index in [1.54, 1.807) is 18.2 Å². The minimum Gasteiger partial charge on any atom is -0.434 e. The van der Waals surface area contributed by atoms with E-state index in [2.05, 4.69) is 19.9 Å². The highest BCUT2D eigenvalue weighted by molar-refractivity contribution is 5.82. The number of aryl methyl sites for hydroxylation is 1. The van der Waals surface area contributed by atoms with E-state index >= 15 is 0 Å². The molecular weight excluding hydrogens is 464 g/mol. The van der Waals surface area contributed by atoms with Crippen LogP contribution in [0.25, 0.3) is 22.2 Å². The van der Waals surface area contributed by atoms with Crippen LogP contribution in [0.15, 0.2) is 54.9 Å². The molecule has 4 heterocycles. The first-order chi connectivity index (χ1) is 17.5. The van der Waals surface area contributed by atoms with Gasteiger partial charge >= 0.3 is 6.61 Å². The second-order valence-corrected chi connectivity index (χ2v) is 9.69. The van der Waals surface area contributed by atoms with Crippen molar-refractivity contribution < 1.29 is 18.3 Å². The molecule has 186 valence electrons. The molecule has 2 aromatic carbocycles. The van der Waals surface area contributed by atoms with Gasteiger partial charge < -0.3 is 18.9 Å². The monoisotopic (exact) mass is 491 g/mol. The SMILES string of the molecule is Cc1nc2ccc(-c3cnc(N4CCC5(CC4)COC5)nc3)cc2n1Cc1ccccc1OC(F)F. The summed E-state index contributed by atoms with van der Waals surface area (Å²) in [5, 5.41) is 0. The maximum absolute atomic E-state index is 12.9. The Bertz CT molecular complexity index is 1370. The predicted molar refractivity (Wildman–Crippen MR) is 132 cm³/mol. The molecule has 0 N–H and O–H groups in total. The number of fused-ring (bicyclic) bond motifs is 1. The lowest BCUT2D eigenvalue weighted by molar-refractivity contribution is -0.124. The molecular formula is C27H27F2N5O2. The van der Waals surface area contributed by atoms with Crippen molar-refractivity contribution in [2.75, 3.05) is 31.2 Å². The van der Waals surface area contributed by atoms with Crippen LogP contribution >= 0.6 is 0 Å². The summed E-state index contributed by atoms with van der Waals surface area (Å²) in [6, 6.07) is 12.9. The van der Waals surface area contributed by atoms with Gasteiger partial charge in [0, 0.05) is 42.0 Å². The zero-order valence-electron chi connectivity index (χ0n) is 20.0. The first-order valence-electron chi connectivity index (χ1n) is 12.1. The maximum atomic E-state index is 12.9. The Labute approximate surface area is 207 Å². The van der Waals surface area contributed by atoms with E-state index in [-0.39, 0.29) is 5.75 Å². The van der Waals surface area contributed by atoms with E-state index < -0.39 is 6.61 Å². The van der Waals surface area contributed by atoms with E-state index in [0.717, 1.165) is 73.1 Å². The zero-order valence-corrected chi connectivity index (χ0v) is 20.0. The maximum Gasteiger partial charge on any atom is 0.387 e. The lowest BCUT2D eigenvalue weighted by Crippen LogP contribution is -2.51. The van der Waals surface area contributed by atoms with Gasteiger partial charge in [-0.3, -0.25) is 0 Å². The Balaban J connectivity index is 1.25. The van der Waals surface area contributed by atoms with Crippen molar-refractivity contribution in [2.45, 2.75) is 32.9 Å². The average molecular weight is 492 g/mol. The Kier molecular flexibility index (Phi) is 5.79. The van der Waals surface area contributed by atoms with Crippen molar-refractivity contribution in [2.24, 2.45) is 5.41 Å². The molecule has 2 aliphatic heterocycles. The van der Waals surface area contributed by atoms with Crippen LogP contribution in [0.2, 0.25) is 0 Å². The minimum atomic E-state index is -2.88. The Hall–Kier alpha value is -3.59. The molecule has 2 saturated heterocycles. The van der Waals surface area contributed by atoms with Crippen molar-refractivity contribution in [1.29, 1.82) is 0 Å². The third kappa shape index (κ3) is 4.28. The second kappa shape index (κ2) is 9.13. The highest BCUT2D eigenvalue weighted by Crippen LogP contribution is 2.39. The van der Waals surface area contributed by atoms with E-state index in [0.29, 0.717) is 17.5 Å². The third-order valence-corrected chi connectivity index (χ3v) is 7.35. The molecule has 0 aliphatic carbocycles.